The summed E-state index contributed by atoms with van der Waals surface area (Å²) in [6.45, 7) is 9.86. The molecule has 0 radical (unpaired) electrons. The molecule has 0 bridgehead atoms. The molecular formula is C17H25BO4. The largest absolute Gasteiger partial charge is 0.496 e. The zero-order chi connectivity index (χ0) is 16.5. The standard InChI is InChI=1S/C17H25BO4/c1-12-7-8-13(15(9-12)20-6)10-14(11-19)18-21-16(2,3)17(4,5)22-18/h7-10,19H,11H2,1-6H3. The third-order valence-corrected chi connectivity index (χ3v) is 4.47. The van der Waals surface area contributed by atoms with E-state index in [0.717, 1.165) is 16.9 Å². The maximum Gasteiger partial charge on any atom is 0.492 e. The van der Waals surface area contributed by atoms with Crippen LogP contribution in [0.25, 0.3) is 6.08 Å². The Labute approximate surface area is 133 Å². The second-order valence-electron chi connectivity index (χ2n) is 6.71. The van der Waals surface area contributed by atoms with Crippen LogP contribution >= 0.6 is 0 Å². The predicted molar refractivity (Wildman–Crippen MR) is 88.9 cm³/mol. The Balaban J connectivity index is 2.34. The fourth-order valence-corrected chi connectivity index (χ4v) is 2.32. The van der Waals surface area contributed by atoms with Gasteiger partial charge in [-0.3, -0.25) is 0 Å². The van der Waals surface area contributed by atoms with Gasteiger partial charge < -0.3 is 19.2 Å². The number of ether oxygens (including phenoxy) is 1. The minimum atomic E-state index is -0.555. The molecule has 0 saturated carbocycles. The van der Waals surface area contributed by atoms with Crippen molar-refractivity contribution in [3.8, 4) is 5.75 Å². The number of aryl methyl sites for hydroxylation is 1. The summed E-state index contributed by atoms with van der Waals surface area (Å²) in [5, 5.41) is 9.74. The van der Waals surface area contributed by atoms with Gasteiger partial charge in [-0.05, 0) is 51.7 Å². The van der Waals surface area contributed by atoms with Crippen molar-refractivity contribution in [3.05, 3.63) is 34.8 Å². The molecule has 0 amide bonds. The van der Waals surface area contributed by atoms with Crippen LogP contribution < -0.4 is 4.74 Å². The Morgan fingerprint density at radius 3 is 2.32 bits per heavy atom. The smallest absolute Gasteiger partial charge is 0.492 e. The van der Waals surface area contributed by atoms with E-state index in [9.17, 15) is 5.11 Å². The van der Waals surface area contributed by atoms with E-state index in [4.69, 9.17) is 14.0 Å². The summed E-state index contributed by atoms with van der Waals surface area (Å²) in [4.78, 5) is 0. The van der Waals surface area contributed by atoms with Gasteiger partial charge in [0, 0.05) is 5.56 Å². The van der Waals surface area contributed by atoms with Gasteiger partial charge in [0.25, 0.3) is 0 Å². The van der Waals surface area contributed by atoms with E-state index in [-0.39, 0.29) is 6.61 Å². The van der Waals surface area contributed by atoms with Crippen LogP contribution in [-0.2, 0) is 9.31 Å². The van der Waals surface area contributed by atoms with E-state index in [1.165, 1.54) is 0 Å². The second-order valence-corrected chi connectivity index (χ2v) is 6.71. The number of aliphatic hydroxyl groups is 1. The molecule has 0 aromatic heterocycles. The Kier molecular flexibility index (Phi) is 4.71. The number of methoxy groups -OCH3 is 1. The maximum absolute atomic E-state index is 9.74. The van der Waals surface area contributed by atoms with Gasteiger partial charge in [-0.25, -0.2) is 0 Å². The molecule has 1 aliphatic heterocycles. The zero-order valence-electron chi connectivity index (χ0n) is 14.3. The Hall–Kier alpha value is -1.30. The molecule has 0 aliphatic carbocycles. The van der Waals surface area contributed by atoms with Gasteiger partial charge >= 0.3 is 7.12 Å². The highest BCUT2D eigenvalue weighted by atomic mass is 16.7. The SMILES string of the molecule is COc1cc(C)ccc1C=C(CO)B1OC(C)(C)C(C)(C)O1. The summed E-state index contributed by atoms with van der Waals surface area (Å²) in [5.41, 5.74) is 1.84. The lowest BCUT2D eigenvalue weighted by molar-refractivity contribution is 0.00578. The highest BCUT2D eigenvalue weighted by Crippen LogP contribution is 2.39. The number of hydrogen-bond acceptors (Lipinski definition) is 4. The van der Waals surface area contributed by atoms with Crippen LogP contribution in [0.2, 0.25) is 0 Å². The van der Waals surface area contributed by atoms with Crippen molar-refractivity contribution in [2.45, 2.75) is 45.8 Å². The Bertz CT molecular complexity index is 562. The van der Waals surface area contributed by atoms with Crippen molar-refractivity contribution in [1.82, 2.24) is 0 Å². The summed E-state index contributed by atoms with van der Waals surface area (Å²) < 4.78 is 17.4. The minimum Gasteiger partial charge on any atom is -0.496 e. The van der Waals surface area contributed by atoms with Gasteiger partial charge in [-0.1, -0.05) is 18.2 Å². The third kappa shape index (κ3) is 3.22. The predicted octanol–water partition coefficient (Wildman–Crippen LogP) is 3.01. The van der Waals surface area contributed by atoms with Crippen molar-refractivity contribution in [3.63, 3.8) is 0 Å². The Morgan fingerprint density at radius 2 is 1.82 bits per heavy atom. The van der Waals surface area contributed by atoms with Crippen LogP contribution in [-0.4, -0.2) is 37.1 Å². The summed E-state index contributed by atoms with van der Waals surface area (Å²) in [7, 11) is 1.08. The number of aliphatic hydroxyl groups excluding tert-OH is 1. The lowest BCUT2D eigenvalue weighted by Gasteiger charge is -2.32. The van der Waals surface area contributed by atoms with Crippen LogP contribution in [0.15, 0.2) is 23.7 Å². The van der Waals surface area contributed by atoms with Crippen LogP contribution in [0.3, 0.4) is 0 Å². The van der Waals surface area contributed by atoms with Gasteiger partial charge in [-0.15, -0.1) is 0 Å². The number of rotatable bonds is 4. The molecule has 2 rings (SSSR count). The first-order valence-corrected chi connectivity index (χ1v) is 7.52. The fourth-order valence-electron chi connectivity index (χ4n) is 2.32. The monoisotopic (exact) mass is 304 g/mol. The van der Waals surface area contributed by atoms with Gasteiger partial charge in [-0.2, -0.15) is 0 Å². The maximum atomic E-state index is 9.74. The lowest BCUT2D eigenvalue weighted by atomic mass is 9.77. The van der Waals surface area contributed by atoms with Crippen molar-refractivity contribution < 1.29 is 19.2 Å². The molecule has 0 spiro atoms. The Morgan fingerprint density at radius 1 is 1.23 bits per heavy atom. The van der Waals surface area contributed by atoms with Crippen molar-refractivity contribution >= 4 is 13.2 Å². The number of hydrogen-bond donors (Lipinski definition) is 1. The summed E-state index contributed by atoms with van der Waals surface area (Å²) in [6.07, 6.45) is 1.88. The molecule has 1 aromatic rings. The topological polar surface area (TPSA) is 47.9 Å². The molecule has 1 saturated heterocycles. The molecule has 5 heteroatoms. The van der Waals surface area contributed by atoms with Gasteiger partial charge in [0.1, 0.15) is 5.75 Å². The average molecular weight is 304 g/mol. The van der Waals surface area contributed by atoms with Crippen molar-refractivity contribution in [2.75, 3.05) is 13.7 Å². The molecule has 1 aliphatic rings. The van der Waals surface area contributed by atoms with E-state index < -0.39 is 18.3 Å². The van der Waals surface area contributed by atoms with Crippen LogP contribution in [0.1, 0.15) is 38.8 Å². The minimum absolute atomic E-state index is 0.131. The molecule has 1 N–H and O–H groups in total. The molecule has 1 aromatic carbocycles. The normalized spacial score (nSPS) is 20.3. The summed E-state index contributed by atoms with van der Waals surface area (Å²) in [5.74, 6) is 0.766. The molecule has 0 atom stereocenters. The molecule has 22 heavy (non-hydrogen) atoms. The van der Waals surface area contributed by atoms with Gasteiger partial charge in [0.15, 0.2) is 0 Å². The van der Waals surface area contributed by atoms with Crippen molar-refractivity contribution in [1.29, 1.82) is 0 Å². The summed E-state index contributed by atoms with van der Waals surface area (Å²) >= 11 is 0. The van der Waals surface area contributed by atoms with E-state index in [1.807, 2.05) is 58.9 Å². The first-order valence-electron chi connectivity index (χ1n) is 7.52. The third-order valence-electron chi connectivity index (χ3n) is 4.47. The molecule has 0 unspecified atom stereocenters. The van der Waals surface area contributed by atoms with Gasteiger partial charge in [0.2, 0.25) is 0 Å². The molecule has 1 fully saturated rings. The van der Waals surface area contributed by atoms with E-state index in [0.29, 0.717) is 5.47 Å². The quantitative estimate of drug-likeness (QED) is 0.869. The number of benzene rings is 1. The molecule has 4 nitrogen and oxygen atoms in total. The van der Waals surface area contributed by atoms with Crippen LogP contribution in [0, 0.1) is 6.92 Å². The fraction of sp³-hybridized carbons (Fsp3) is 0.529. The van der Waals surface area contributed by atoms with E-state index in [2.05, 4.69) is 0 Å². The van der Waals surface area contributed by atoms with E-state index >= 15 is 0 Å². The van der Waals surface area contributed by atoms with E-state index in [1.54, 1.807) is 7.11 Å². The first-order chi connectivity index (χ1) is 10.2. The average Bonchev–Trinajstić information content (AvgIpc) is 2.65. The summed E-state index contributed by atoms with van der Waals surface area (Å²) in [6, 6.07) is 5.94. The second kappa shape index (κ2) is 6.07. The van der Waals surface area contributed by atoms with Crippen LogP contribution in [0.4, 0.5) is 0 Å². The molecular weight excluding hydrogens is 279 g/mol. The first kappa shape index (κ1) is 17.1. The van der Waals surface area contributed by atoms with Crippen molar-refractivity contribution in [2.24, 2.45) is 0 Å². The molecule has 1 heterocycles. The lowest BCUT2D eigenvalue weighted by Crippen LogP contribution is -2.41. The molecule has 120 valence electrons. The highest BCUT2D eigenvalue weighted by molar-refractivity contribution is 6.55. The van der Waals surface area contributed by atoms with Gasteiger partial charge in [0.05, 0.1) is 24.9 Å². The zero-order valence-corrected chi connectivity index (χ0v) is 14.3. The van der Waals surface area contributed by atoms with Crippen LogP contribution in [0.5, 0.6) is 5.75 Å². The highest BCUT2D eigenvalue weighted by Gasteiger charge is 2.52.